The van der Waals surface area contributed by atoms with E-state index >= 15 is 0 Å². The summed E-state index contributed by atoms with van der Waals surface area (Å²) in [6, 6.07) is 5.76. The van der Waals surface area contributed by atoms with Crippen molar-refractivity contribution in [2.45, 2.75) is 44.9 Å². The van der Waals surface area contributed by atoms with Crippen molar-refractivity contribution in [2.75, 3.05) is 33.3 Å². The Morgan fingerprint density at radius 3 is 2.39 bits per heavy atom. The first kappa shape index (κ1) is 24.4. The number of hydrogen-bond donors (Lipinski definition) is 1. The van der Waals surface area contributed by atoms with Crippen molar-refractivity contribution >= 4 is 28.2 Å². The highest BCUT2D eigenvalue weighted by molar-refractivity contribution is 7.16. The lowest BCUT2D eigenvalue weighted by Crippen LogP contribution is -2.21. The Hall–Kier alpha value is -3.25. The molecule has 0 unspecified atom stereocenters. The highest BCUT2D eigenvalue weighted by atomic mass is 32.1. The van der Waals surface area contributed by atoms with Crippen molar-refractivity contribution in [2.24, 2.45) is 0 Å². The number of hydrogen-bond acceptors (Lipinski definition) is 8. The molecule has 176 valence electrons. The Labute approximate surface area is 197 Å². The zero-order valence-corrected chi connectivity index (χ0v) is 19.9. The fraction of sp³-hybridized carbons (Fsp3) is 0.458. The summed E-state index contributed by atoms with van der Waals surface area (Å²) in [5, 5.41) is 12.9. The molecule has 1 aliphatic carbocycles. The molecule has 2 aromatic rings. The van der Waals surface area contributed by atoms with Crippen LogP contribution in [0.5, 0.6) is 17.2 Å². The maximum Gasteiger partial charge on any atom is 0.306 e. The van der Waals surface area contributed by atoms with Crippen LogP contribution in [0.4, 0.5) is 5.00 Å². The maximum atomic E-state index is 12.3. The molecule has 0 bridgehead atoms. The summed E-state index contributed by atoms with van der Waals surface area (Å²) in [5.41, 5.74) is 2.40. The second kappa shape index (κ2) is 11.6. The largest absolute Gasteiger partial charge is 0.493 e. The van der Waals surface area contributed by atoms with Crippen LogP contribution < -0.4 is 19.5 Å². The Kier molecular flexibility index (Phi) is 8.55. The number of carbonyl (C=O) groups excluding carboxylic acids is 2. The zero-order valence-electron chi connectivity index (χ0n) is 19.1. The van der Waals surface area contributed by atoms with Crippen LogP contribution in [-0.4, -0.2) is 39.8 Å². The molecule has 0 saturated carbocycles. The molecule has 0 saturated heterocycles. The molecule has 33 heavy (non-hydrogen) atoms. The monoisotopic (exact) mass is 472 g/mol. The lowest BCUT2D eigenvalue weighted by atomic mass is 10.1. The fourth-order valence-corrected chi connectivity index (χ4v) is 5.11. The number of aryl methyl sites for hydroxylation is 2. The number of nitriles is 1. The van der Waals surface area contributed by atoms with Crippen molar-refractivity contribution in [1.82, 2.24) is 0 Å². The third-order valence-corrected chi connectivity index (χ3v) is 6.70. The number of benzene rings is 1. The van der Waals surface area contributed by atoms with Crippen LogP contribution in [0.25, 0.3) is 0 Å². The van der Waals surface area contributed by atoms with Gasteiger partial charge in [-0.15, -0.1) is 11.3 Å². The Morgan fingerprint density at radius 2 is 1.76 bits per heavy atom. The van der Waals surface area contributed by atoms with Crippen LogP contribution in [-0.2, 0) is 33.6 Å². The topological polar surface area (TPSA) is 107 Å². The molecule has 9 heteroatoms. The predicted molar refractivity (Wildman–Crippen MR) is 124 cm³/mol. The maximum absolute atomic E-state index is 12.3. The molecule has 1 aliphatic rings. The molecule has 3 rings (SSSR count). The number of amides is 1. The predicted octanol–water partition coefficient (Wildman–Crippen LogP) is 4.03. The fourth-order valence-electron chi connectivity index (χ4n) is 3.86. The number of anilines is 1. The number of esters is 1. The minimum absolute atomic E-state index is 0.0860. The van der Waals surface area contributed by atoms with E-state index in [1.54, 1.807) is 12.1 Å². The third kappa shape index (κ3) is 5.96. The minimum atomic E-state index is -0.499. The molecule has 0 atom stereocenters. The number of nitrogens with zero attached hydrogens (tertiary/aromatic N) is 1. The SMILES string of the molecule is COc1cc(CCC(=O)OCC(=O)Nc2sc3c(c2C#N)CCCCC3)cc(OC)c1OC. The average molecular weight is 473 g/mol. The van der Waals surface area contributed by atoms with E-state index in [4.69, 9.17) is 18.9 Å². The van der Waals surface area contributed by atoms with E-state index in [0.29, 0.717) is 34.2 Å². The molecular weight excluding hydrogens is 444 g/mol. The van der Waals surface area contributed by atoms with Gasteiger partial charge < -0.3 is 24.3 Å². The summed E-state index contributed by atoms with van der Waals surface area (Å²) >= 11 is 1.45. The Morgan fingerprint density at radius 1 is 1.06 bits per heavy atom. The van der Waals surface area contributed by atoms with Crippen LogP contribution in [0, 0.1) is 11.3 Å². The Bertz CT molecular complexity index is 1030. The molecule has 0 aliphatic heterocycles. The first-order valence-electron chi connectivity index (χ1n) is 10.8. The van der Waals surface area contributed by atoms with E-state index in [1.807, 2.05) is 0 Å². The van der Waals surface area contributed by atoms with Crippen molar-refractivity contribution in [3.63, 3.8) is 0 Å². The highest BCUT2D eigenvalue weighted by Gasteiger charge is 2.21. The Balaban J connectivity index is 1.54. The van der Waals surface area contributed by atoms with Gasteiger partial charge in [0.05, 0.1) is 26.9 Å². The second-order valence-electron chi connectivity index (χ2n) is 7.62. The van der Waals surface area contributed by atoms with Gasteiger partial charge in [0.2, 0.25) is 5.75 Å². The van der Waals surface area contributed by atoms with Gasteiger partial charge in [-0.1, -0.05) is 6.42 Å². The standard InChI is InChI=1S/C24H28N2O6S/c1-29-18-11-15(12-19(30-2)23(18)31-3)9-10-22(28)32-14-21(27)26-24-17(13-25)16-7-5-4-6-8-20(16)33-24/h11-12H,4-10,14H2,1-3H3,(H,26,27). The van der Waals surface area contributed by atoms with Crippen LogP contribution in [0.1, 0.15) is 47.3 Å². The quantitative estimate of drug-likeness (QED) is 0.434. The first-order valence-corrected chi connectivity index (χ1v) is 11.6. The number of carbonyl (C=O) groups is 2. The first-order chi connectivity index (χ1) is 16.0. The molecule has 0 fully saturated rings. The summed E-state index contributed by atoms with van der Waals surface area (Å²) in [7, 11) is 4.57. The lowest BCUT2D eigenvalue weighted by molar-refractivity contribution is -0.147. The van der Waals surface area contributed by atoms with E-state index < -0.39 is 18.5 Å². The minimum Gasteiger partial charge on any atom is -0.493 e. The van der Waals surface area contributed by atoms with E-state index in [1.165, 1.54) is 37.5 Å². The molecular formula is C24H28N2O6S. The van der Waals surface area contributed by atoms with E-state index in [-0.39, 0.29) is 6.42 Å². The summed E-state index contributed by atoms with van der Waals surface area (Å²) in [6.45, 7) is -0.401. The van der Waals surface area contributed by atoms with Gasteiger partial charge in [-0.25, -0.2) is 0 Å². The van der Waals surface area contributed by atoms with Crippen LogP contribution in [0.2, 0.25) is 0 Å². The van der Waals surface area contributed by atoms with Gasteiger partial charge in [0.15, 0.2) is 18.1 Å². The molecule has 1 aromatic carbocycles. The third-order valence-electron chi connectivity index (χ3n) is 5.49. The summed E-state index contributed by atoms with van der Waals surface area (Å²) < 4.78 is 21.1. The van der Waals surface area contributed by atoms with Crippen LogP contribution in [0.15, 0.2) is 12.1 Å². The van der Waals surface area contributed by atoms with E-state index in [2.05, 4.69) is 11.4 Å². The molecule has 1 N–H and O–H groups in total. The lowest BCUT2D eigenvalue weighted by Gasteiger charge is -2.14. The highest BCUT2D eigenvalue weighted by Crippen LogP contribution is 2.39. The summed E-state index contributed by atoms with van der Waals surface area (Å²) in [5.74, 6) is 0.528. The smallest absolute Gasteiger partial charge is 0.306 e. The molecule has 1 amide bonds. The molecule has 0 radical (unpaired) electrons. The second-order valence-corrected chi connectivity index (χ2v) is 8.73. The number of rotatable bonds is 9. The van der Waals surface area contributed by atoms with Gasteiger partial charge in [0.1, 0.15) is 11.1 Å². The van der Waals surface area contributed by atoms with Gasteiger partial charge in [-0.05, 0) is 55.4 Å². The zero-order chi connectivity index (χ0) is 23.8. The normalized spacial score (nSPS) is 12.7. The van der Waals surface area contributed by atoms with Gasteiger partial charge in [0.25, 0.3) is 5.91 Å². The number of thiophene rings is 1. The van der Waals surface area contributed by atoms with Gasteiger partial charge >= 0.3 is 5.97 Å². The molecule has 8 nitrogen and oxygen atoms in total. The average Bonchev–Trinajstić information content (AvgIpc) is 2.98. The molecule has 0 spiro atoms. The van der Waals surface area contributed by atoms with Crippen LogP contribution >= 0.6 is 11.3 Å². The number of fused-ring (bicyclic) bond motifs is 1. The van der Waals surface area contributed by atoms with E-state index in [9.17, 15) is 14.9 Å². The van der Waals surface area contributed by atoms with Crippen LogP contribution in [0.3, 0.4) is 0 Å². The van der Waals surface area contributed by atoms with Gasteiger partial charge in [0, 0.05) is 11.3 Å². The van der Waals surface area contributed by atoms with Crippen molar-refractivity contribution in [3.8, 4) is 23.3 Å². The number of ether oxygens (including phenoxy) is 4. The summed E-state index contributed by atoms with van der Waals surface area (Å²) in [4.78, 5) is 25.7. The summed E-state index contributed by atoms with van der Waals surface area (Å²) in [6.07, 6.45) is 5.56. The number of nitrogens with one attached hydrogen (secondary N) is 1. The van der Waals surface area contributed by atoms with E-state index in [0.717, 1.165) is 43.2 Å². The van der Waals surface area contributed by atoms with Gasteiger partial charge in [-0.3, -0.25) is 9.59 Å². The van der Waals surface area contributed by atoms with Crippen molar-refractivity contribution in [1.29, 1.82) is 5.26 Å². The van der Waals surface area contributed by atoms with Crippen molar-refractivity contribution < 1.29 is 28.5 Å². The molecule has 1 heterocycles. The van der Waals surface area contributed by atoms with Crippen molar-refractivity contribution in [3.05, 3.63) is 33.7 Å². The molecule has 1 aromatic heterocycles. The number of methoxy groups -OCH3 is 3. The van der Waals surface area contributed by atoms with Gasteiger partial charge in [-0.2, -0.15) is 5.26 Å².